The lowest BCUT2D eigenvalue weighted by molar-refractivity contribution is 0.102. The average Bonchev–Trinajstić information content (AvgIpc) is 3.00. The summed E-state index contributed by atoms with van der Waals surface area (Å²) in [5.74, 6) is -0.155. The lowest BCUT2D eigenvalue weighted by atomic mass is 10.1. The van der Waals surface area contributed by atoms with Crippen molar-refractivity contribution in [2.24, 2.45) is 0 Å². The predicted octanol–water partition coefficient (Wildman–Crippen LogP) is 4.47. The molecule has 29 heavy (non-hydrogen) atoms. The van der Waals surface area contributed by atoms with Gasteiger partial charge in [0.2, 0.25) is 10.0 Å². The number of sulfonamides is 1. The molecule has 8 heteroatoms. The van der Waals surface area contributed by atoms with Gasteiger partial charge in [-0.15, -0.1) is 0 Å². The van der Waals surface area contributed by atoms with E-state index in [1.54, 1.807) is 18.2 Å². The van der Waals surface area contributed by atoms with Gasteiger partial charge in [0.05, 0.1) is 17.6 Å². The Morgan fingerprint density at radius 3 is 2.41 bits per heavy atom. The summed E-state index contributed by atoms with van der Waals surface area (Å²) >= 11 is 6.03. The smallest absolute Gasteiger partial charge is 0.259 e. The number of methoxy groups -OCH3 is 1. The number of anilines is 1. The van der Waals surface area contributed by atoms with Gasteiger partial charge in [-0.3, -0.25) is 4.79 Å². The summed E-state index contributed by atoms with van der Waals surface area (Å²) in [7, 11) is -2.23. The largest absolute Gasteiger partial charge is 0.496 e. The Hall–Kier alpha value is -2.09. The first-order valence-corrected chi connectivity index (χ1v) is 11.4. The zero-order chi connectivity index (χ0) is 21.0. The van der Waals surface area contributed by atoms with E-state index in [1.165, 1.54) is 29.6 Å². The van der Waals surface area contributed by atoms with Crippen molar-refractivity contribution in [1.82, 2.24) is 4.31 Å². The van der Waals surface area contributed by atoms with Crippen molar-refractivity contribution in [1.29, 1.82) is 0 Å². The lowest BCUT2D eigenvalue weighted by Crippen LogP contribution is -2.32. The van der Waals surface area contributed by atoms with Crippen LogP contribution in [0.5, 0.6) is 5.75 Å². The summed E-state index contributed by atoms with van der Waals surface area (Å²) in [6.07, 6.45) is 3.75. The second kappa shape index (κ2) is 9.15. The highest BCUT2D eigenvalue weighted by molar-refractivity contribution is 7.89. The molecule has 0 spiro atoms. The molecule has 2 aromatic carbocycles. The molecular formula is C21H25ClN2O4S. The van der Waals surface area contributed by atoms with E-state index in [0.717, 1.165) is 31.2 Å². The molecule has 1 N–H and O–H groups in total. The molecule has 3 rings (SSSR count). The van der Waals surface area contributed by atoms with E-state index >= 15 is 0 Å². The number of carbonyl (C=O) groups is 1. The van der Waals surface area contributed by atoms with Crippen molar-refractivity contribution in [3.05, 3.63) is 52.5 Å². The molecule has 0 radical (unpaired) electrons. The van der Waals surface area contributed by atoms with Crippen LogP contribution in [0.1, 0.15) is 41.6 Å². The maximum absolute atomic E-state index is 13.1. The fraction of sp³-hybridized carbons (Fsp3) is 0.381. The molecule has 0 saturated carbocycles. The highest BCUT2D eigenvalue weighted by atomic mass is 35.5. The molecule has 0 atom stereocenters. The van der Waals surface area contributed by atoms with Gasteiger partial charge >= 0.3 is 0 Å². The van der Waals surface area contributed by atoms with E-state index in [4.69, 9.17) is 16.3 Å². The zero-order valence-corrected chi connectivity index (χ0v) is 18.1. The van der Waals surface area contributed by atoms with E-state index in [1.807, 2.05) is 6.92 Å². The molecule has 1 saturated heterocycles. The minimum atomic E-state index is -3.68. The number of ether oxygens (including phenoxy) is 1. The molecule has 1 heterocycles. The molecule has 1 fully saturated rings. The molecule has 6 nitrogen and oxygen atoms in total. The summed E-state index contributed by atoms with van der Waals surface area (Å²) in [6.45, 7) is 2.85. The second-order valence-electron chi connectivity index (χ2n) is 7.09. The molecule has 2 aromatic rings. The topological polar surface area (TPSA) is 75.7 Å². The number of carbonyl (C=O) groups excluding carboxylic acids is 1. The standard InChI is InChI=1S/C21H25ClN2O4S/c1-15-7-8-16(22)13-19(15)23-21(25)18-14-17(9-10-20(18)28-2)29(26,27)24-11-5-3-4-6-12-24/h7-10,13-14H,3-6,11-12H2,1-2H3,(H,23,25). The average molecular weight is 437 g/mol. The first-order valence-electron chi connectivity index (χ1n) is 9.58. The Morgan fingerprint density at radius 1 is 1.07 bits per heavy atom. The summed E-state index contributed by atoms with van der Waals surface area (Å²) in [6, 6.07) is 9.58. The molecule has 0 unspecified atom stereocenters. The van der Waals surface area contributed by atoms with Crippen molar-refractivity contribution in [2.45, 2.75) is 37.5 Å². The Balaban J connectivity index is 1.94. The number of rotatable bonds is 5. The third kappa shape index (κ3) is 4.91. The number of benzene rings is 2. The van der Waals surface area contributed by atoms with Gasteiger partial charge in [0.1, 0.15) is 5.75 Å². The molecule has 1 aliphatic heterocycles. The van der Waals surface area contributed by atoms with Crippen molar-refractivity contribution in [3.63, 3.8) is 0 Å². The van der Waals surface area contributed by atoms with Crippen LogP contribution < -0.4 is 10.1 Å². The number of halogens is 1. The normalized spacial score (nSPS) is 15.6. The minimum Gasteiger partial charge on any atom is -0.496 e. The van der Waals surface area contributed by atoms with Crippen LogP contribution in [0, 0.1) is 6.92 Å². The summed E-state index contributed by atoms with van der Waals surface area (Å²) in [5.41, 5.74) is 1.56. The third-order valence-electron chi connectivity index (χ3n) is 5.07. The van der Waals surface area contributed by atoms with Gasteiger partial charge in [0, 0.05) is 23.8 Å². The number of nitrogens with one attached hydrogen (secondary N) is 1. The molecule has 1 amide bonds. The highest BCUT2D eigenvalue weighted by Crippen LogP contribution is 2.28. The Bertz CT molecular complexity index is 1000. The van der Waals surface area contributed by atoms with Crippen LogP contribution in [0.25, 0.3) is 0 Å². The van der Waals surface area contributed by atoms with Crippen LogP contribution in [0.3, 0.4) is 0 Å². The van der Waals surface area contributed by atoms with Crippen LogP contribution in [0.4, 0.5) is 5.69 Å². The van der Waals surface area contributed by atoms with Crippen molar-refractivity contribution < 1.29 is 17.9 Å². The number of amides is 1. The maximum atomic E-state index is 13.1. The predicted molar refractivity (Wildman–Crippen MR) is 114 cm³/mol. The van der Waals surface area contributed by atoms with Crippen LogP contribution >= 0.6 is 11.6 Å². The maximum Gasteiger partial charge on any atom is 0.259 e. The van der Waals surface area contributed by atoms with Crippen molar-refractivity contribution in [3.8, 4) is 5.75 Å². The molecule has 0 aliphatic carbocycles. The number of hydrogen-bond acceptors (Lipinski definition) is 4. The zero-order valence-electron chi connectivity index (χ0n) is 16.6. The first kappa shape index (κ1) is 21.6. The van der Waals surface area contributed by atoms with E-state index < -0.39 is 15.9 Å². The summed E-state index contributed by atoms with van der Waals surface area (Å²) < 4.78 is 33.0. The van der Waals surface area contributed by atoms with Gasteiger partial charge in [-0.05, 0) is 55.7 Å². The fourth-order valence-electron chi connectivity index (χ4n) is 3.37. The SMILES string of the molecule is COc1ccc(S(=O)(=O)N2CCCCCC2)cc1C(=O)Nc1cc(Cl)ccc1C. The highest BCUT2D eigenvalue weighted by Gasteiger charge is 2.27. The third-order valence-corrected chi connectivity index (χ3v) is 7.20. The van der Waals surface area contributed by atoms with Crippen molar-refractivity contribution >= 4 is 33.2 Å². The molecular weight excluding hydrogens is 412 g/mol. The van der Waals surface area contributed by atoms with Crippen LogP contribution in [-0.2, 0) is 10.0 Å². The van der Waals surface area contributed by atoms with Gasteiger partial charge in [-0.1, -0.05) is 30.5 Å². The Kier molecular flexibility index (Phi) is 6.82. The van der Waals surface area contributed by atoms with Gasteiger partial charge < -0.3 is 10.1 Å². The first-order chi connectivity index (χ1) is 13.8. The van der Waals surface area contributed by atoms with Crippen LogP contribution in [0.15, 0.2) is 41.3 Å². The quantitative estimate of drug-likeness (QED) is 0.750. The van der Waals surface area contributed by atoms with Crippen LogP contribution in [0.2, 0.25) is 5.02 Å². The van der Waals surface area contributed by atoms with Crippen molar-refractivity contribution in [2.75, 3.05) is 25.5 Å². The molecule has 0 aromatic heterocycles. The Morgan fingerprint density at radius 2 is 1.76 bits per heavy atom. The fourth-order valence-corrected chi connectivity index (χ4v) is 5.09. The van der Waals surface area contributed by atoms with E-state index in [9.17, 15) is 13.2 Å². The van der Waals surface area contributed by atoms with Gasteiger partial charge in [-0.25, -0.2) is 8.42 Å². The Labute approximate surface area is 176 Å². The van der Waals surface area contributed by atoms with Gasteiger partial charge in [-0.2, -0.15) is 4.31 Å². The minimum absolute atomic E-state index is 0.0909. The van der Waals surface area contributed by atoms with Gasteiger partial charge in [0.15, 0.2) is 0 Å². The second-order valence-corrected chi connectivity index (χ2v) is 9.47. The molecule has 156 valence electrons. The summed E-state index contributed by atoms with van der Waals surface area (Å²) in [5, 5.41) is 3.29. The van der Waals surface area contributed by atoms with Gasteiger partial charge in [0.25, 0.3) is 5.91 Å². The van der Waals surface area contributed by atoms with E-state index in [2.05, 4.69) is 5.32 Å². The van der Waals surface area contributed by atoms with E-state index in [-0.39, 0.29) is 10.5 Å². The number of hydrogen-bond donors (Lipinski definition) is 1. The number of nitrogens with zero attached hydrogens (tertiary/aromatic N) is 1. The lowest BCUT2D eigenvalue weighted by Gasteiger charge is -2.21. The van der Waals surface area contributed by atoms with E-state index in [0.29, 0.717) is 29.5 Å². The molecule has 0 bridgehead atoms. The summed E-state index contributed by atoms with van der Waals surface area (Å²) in [4.78, 5) is 13.0. The van der Waals surface area contributed by atoms with Crippen LogP contribution in [-0.4, -0.2) is 38.8 Å². The number of aryl methyl sites for hydroxylation is 1. The molecule has 1 aliphatic rings. The monoisotopic (exact) mass is 436 g/mol.